The van der Waals surface area contributed by atoms with E-state index in [1.54, 1.807) is 19.2 Å². The number of thiocarbonyl (C=S) groups is 1. The number of nitrogen functional groups attached to an aromatic ring is 1. The number of nitrogens with one attached hydrogen (secondary N) is 2. The van der Waals surface area contributed by atoms with Gasteiger partial charge in [-0.2, -0.15) is 0 Å². The molecule has 0 aromatic heterocycles. The number of benzene rings is 2. The smallest absolute Gasteiger partial charge is 0.175 e. The van der Waals surface area contributed by atoms with Gasteiger partial charge in [-0.25, -0.2) is 0 Å². The van der Waals surface area contributed by atoms with Crippen molar-refractivity contribution in [2.75, 3.05) is 23.5 Å². The van der Waals surface area contributed by atoms with E-state index in [-0.39, 0.29) is 0 Å². The molecule has 7 heteroatoms. The van der Waals surface area contributed by atoms with Crippen LogP contribution in [0.25, 0.3) is 0 Å². The zero-order chi connectivity index (χ0) is 15.4. The number of rotatable bonds is 3. The summed E-state index contributed by atoms with van der Waals surface area (Å²) >= 11 is 17.2. The van der Waals surface area contributed by atoms with Crippen molar-refractivity contribution < 1.29 is 4.74 Å². The number of hydrogen-bond donors (Lipinski definition) is 3. The zero-order valence-electron chi connectivity index (χ0n) is 11.1. The number of methoxy groups -OCH3 is 1. The molecule has 0 aliphatic heterocycles. The van der Waals surface area contributed by atoms with Gasteiger partial charge in [0.2, 0.25) is 0 Å². The molecule has 0 aliphatic rings. The van der Waals surface area contributed by atoms with Crippen molar-refractivity contribution in [2.24, 2.45) is 0 Å². The van der Waals surface area contributed by atoms with Crippen LogP contribution in [0, 0.1) is 0 Å². The summed E-state index contributed by atoms with van der Waals surface area (Å²) in [5.74, 6) is 0.737. The van der Waals surface area contributed by atoms with Gasteiger partial charge in [0.15, 0.2) is 5.11 Å². The van der Waals surface area contributed by atoms with E-state index in [9.17, 15) is 0 Å². The number of ether oxygens (including phenoxy) is 1. The van der Waals surface area contributed by atoms with Gasteiger partial charge in [-0.3, -0.25) is 0 Å². The lowest BCUT2D eigenvalue weighted by molar-refractivity contribution is 0.415. The Balaban J connectivity index is 2.08. The van der Waals surface area contributed by atoms with E-state index >= 15 is 0 Å². The first kappa shape index (κ1) is 15.7. The van der Waals surface area contributed by atoms with E-state index in [0.29, 0.717) is 26.5 Å². The molecule has 0 bridgehead atoms. The highest BCUT2D eigenvalue weighted by Crippen LogP contribution is 2.31. The quantitative estimate of drug-likeness (QED) is 0.570. The van der Waals surface area contributed by atoms with Crippen molar-refractivity contribution in [3.05, 3.63) is 46.4 Å². The predicted molar refractivity (Wildman–Crippen MR) is 93.7 cm³/mol. The third-order valence-electron chi connectivity index (χ3n) is 2.66. The maximum Gasteiger partial charge on any atom is 0.175 e. The highest BCUT2D eigenvalue weighted by Gasteiger charge is 2.06. The molecular formula is C14H13Cl2N3OS. The molecule has 21 heavy (non-hydrogen) atoms. The van der Waals surface area contributed by atoms with Crippen molar-refractivity contribution >= 4 is 57.6 Å². The highest BCUT2D eigenvalue weighted by molar-refractivity contribution is 7.80. The molecule has 0 spiro atoms. The summed E-state index contributed by atoms with van der Waals surface area (Å²) in [6.45, 7) is 0. The Hall–Kier alpha value is -1.69. The minimum atomic E-state index is 0.343. The Morgan fingerprint density at radius 2 is 1.71 bits per heavy atom. The average Bonchev–Trinajstić information content (AvgIpc) is 2.44. The third kappa shape index (κ3) is 4.14. The van der Waals surface area contributed by atoms with Crippen LogP contribution in [0.15, 0.2) is 36.4 Å². The van der Waals surface area contributed by atoms with Crippen LogP contribution in [-0.4, -0.2) is 12.2 Å². The standard InChI is InChI=1S/C14H13Cl2N3OS/c1-20-10-4-2-3-8(5-10)18-14(21)19-9-6-11(15)13(17)12(16)7-9/h2-7H,17H2,1H3,(H2,18,19,21). The summed E-state index contributed by atoms with van der Waals surface area (Å²) in [7, 11) is 1.61. The van der Waals surface area contributed by atoms with Crippen LogP contribution in [-0.2, 0) is 0 Å². The van der Waals surface area contributed by atoms with Crippen LogP contribution in [0.4, 0.5) is 17.1 Å². The largest absolute Gasteiger partial charge is 0.497 e. The van der Waals surface area contributed by atoms with Gasteiger partial charge in [-0.15, -0.1) is 0 Å². The second-order valence-corrected chi connectivity index (χ2v) is 5.39. The predicted octanol–water partition coefficient (Wildman–Crippen LogP) is 4.39. The molecule has 0 saturated heterocycles. The lowest BCUT2D eigenvalue weighted by Crippen LogP contribution is -2.19. The van der Waals surface area contributed by atoms with Crippen LogP contribution >= 0.6 is 35.4 Å². The molecule has 2 rings (SSSR count). The fraction of sp³-hybridized carbons (Fsp3) is 0.0714. The second kappa shape index (κ2) is 6.85. The third-order valence-corrected chi connectivity index (χ3v) is 3.49. The fourth-order valence-electron chi connectivity index (χ4n) is 1.65. The van der Waals surface area contributed by atoms with Crippen LogP contribution in [0.3, 0.4) is 0 Å². The van der Waals surface area contributed by atoms with Crippen molar-refractivity contribution in [1.29, 1.82) is 0 Å². The Labute approximate surface area is 138 Å². The molecule has 0 amide bonds. The van der Waals surface area contributed by atoms with Gasteiger partial charge in [0.1, 0.15) is 5.75 Å². The minimum absolute atomic E-state index is 0.343. The monoisotopic (exact) mass is 341 g/mol. The Bertz CT molecular complexity index is 656. The Morgan fingerprint density at radius 1 is 1.10 bits per heavy atom. The van der Waals surface area contributed by atoms with E-state index in [0.717, 1.165) is 11.4 Å². The molecule has 4 nitrogen and oxygen atoms in total. The Morgan fingerprint density at radius 3 is 2.33 bits per heavy atom. The van der Waals surface area contributed by atoms with Gasteiger partial charge in [0, 0.05) is 17.4 Å². The van der Waals surface area contributed by atoms with Crippen molar-refractivity contribution in [1.82, 2.24) is 0 Å². The molecule has 0 atom stereocenters. The highest BCUT2D eigenvalue weighted by atomic mass is 35.5. The molecule has 110 valence electrons. The first-order chi connectivity index (χ1) is 9.99. The number of anilines is 3. The Kier molecular flexibility index (Phi) is 5.12. The van der Waals surface area contributed by atoms with Crippen LogP contribution in [0.2, 0.25) is 10.0 Å². The minimum Gasteiger partial charge on any atom is -0.497 e. The summed E-state index contributed by atoms with van der Waals surface area (Å²) in [5, 5.41) is 7.18. The van der Waals surface area contributed by atoms with E-state index in [2.05, 4.69) is 10.6 Å². The van der Waals surface area contributed by atoms with Gasteiger partial charge in [0.25, 0.3) is 0 Å². The maximum absolute atomic E-state index is 5.97. The molecule has 0 heterocycles. The summed E-state index contributed by atoms with van der Waals surface area (Å²) in [6.07, 6.45) is 0. The van der Waals surface area contributed by atoms with Crippen molar-refractivity contribution in [3.8, 4) is 5.75 Å². The lowest BCUT2D eigenvalue weighted by atomic mass is 10.3. The van der Waals surface area contributed by atoms with Gasteiger partial charge < -0.3 is 21.1 Å². The fourth-order valence-corrected chi connectivity index (χ4v) is 2.37. The summed E-state index contributed by atoms with van der Waals surface area (Å²) in [6, 6.07) is 10.7. The van der Waals surface area contributed by atoms with Crippen LogP contribution in [0.5, 0.6) is 5.75 Å². The van der Waals surface area contributed by atoms with Gasteiger partial charge in [-0.1, -0.05) is 29.3 Å². The summed E-state index contributed by atoms with van der Waals surface area (Å²) < 4.78 is 5.15. The molecule has 2 aromatic carbocycles. The van der Waals surface area contributed by atoms with Gasteiger partial charge in [-0.05, 0) is 36.5 Å². The number of hydrogen-bond acceptors (Lipinski definition) is 3. The molecule has 0 unspecified atom stereocenters. The van der Waals surface area contributed by atoms with E-state index in [1.165, 1.54) is 0 Å². The van der Waals surface area contributed by atoms with Crippen molar-refractivity contribution in [3.63, 3.8) is 0 Å². The number of nitrogens with two attached hydrogens (primary N) is 1. The molecular weight excluding hydrogens is 329 g/mol. The second-order valence-electron chi connectivity index (χ2n) is 4.16. The first-order valence-electron chi connectivity index (χ1n) is 5.96. The summed E-state index contributed by atoms with van der Waals surface area (Å²) in [4.78, 5) is 0. The van der Waals surface area contributed by atoms with Crippen LogP contribution in [0.1, 0.15) is 0 Å². The first-order valence-corrected chi connectivity index (χ1v) is 7.12. The van der Waals surface area contributed by atoms with Crippen LogP contribution < -0.4 is 21.1 Å². The van der Waals surface area contributed by atoms with E-state index in [4.69, 9.17) is 45.9 Å². The molecule has 0 aliphatic carbocycles. The molecule has 4 N–H and O–H groups in total. The SMILES string of the molecule is COc1cccc(NC(=S)Nc2cc(Cl)c(N)c(Cl)c2)c1. The van der Waals surface area contributed by atoms with Gasteiger partial charge in [0.05, 0.1) is 22.8 Å². The van der Waals surface area contributed by atoms with Crippen molar-refractivity contribution in [2.45, 2.75) is 0 Å². The number of halogens is 2. The van der Waals surface area contributed by atoms with E-state index in [1.807, 2.05) is 24.3 Å². The summed E-state index contributed by atoms with van der Waals surface area (Å²) in [5.41, 5.74) is 7.48. The lowest BCUT2D eigenvalue weighted by Gasteiger charge is -2.12. The average molecular weight is 342 g/mol. The molecule has 0 fully saturated rings. The zero-order valence-corrected chi connectivity index (χ0v) is 13.4. The van der Waals surface area contributed by atoms with Gasteiger partial charge >= 0.3 is 0 Å². The normalized spacial score (nSPS) is 10.0. The molecule has 2 aromatic rings. The molecule has 0 saturated carbocycles. The molecule has 0 radical (unpaired) electrons. The maximum atomic E-state index is 5.97. The van der Waals surface area contributed by atoms with E-state index < -0.39 is 0 Å². The topological polar surface area (TPSA) is 59.3 Å².